The minimum Gasteiger partial charge on any atom is -0.323 e. The topological polar surface area (TPSA) is 74.8 Å². The highest BCUT2D eigenvalue weighted by Gasteiger charge is 2.23. The Bertz CT molecular complexity index is 1120. The molecule has 0 aliphatic heterocycles. The van der Waals surface area contributed by atoms with Gasteiger partial charge in [0.15, 0.2) is 5.16 Å². The maximum absolute atomic E-state index is 13.9. The zero-order valence-electron chi connectivity index (χ0n) is 15.6. The summed E-state index contributed by atoms with van der Waals surface area (Å²) >= 11 is 2.72. The molecule has 146 valence electrons. The van der Waals surface area contributed by atoms with Crippen molar-refractivity contribution in [3.8, 4) is 0 Å². The number of aromatic nitrogens is 2. The van der Waals surface area contributed by atoms with Crippen LogP contribution in [0.1, 0.15) is 29.3 Å². The fourth-order valence-corrected chi connectivity index (χ4v) is 5.54. The summed E-state index contributed by atoms with van der Waals surface area (Å²) < 4.78 is 13.9. The summed E-state index contributed by atoms with van der Waals surface area (Å²) in [5.41, 5.74) is 1.92. The molecule has 0 bridgehead atoms. The van der Waals surface area contributed by atoms with E-state index in [-0.39, 0.29) is 22.9 Å². The Hall–Kier alpha value is -2.19. The number of carbonyl (C=O) groups excluding carboxylic acids is 1. The van der Waals surface area contributed by atoms with E-state index in [1.807, 2.05) is 0 Å². The number of nitrogens with one attached hydrogen (secondary N) is 2. The molecular weight excluding hydrogens is 397 g/mol. The number of rotatable bonds is 4. The van der Waals surface area contributed by atoms with E-state index in [0.717, 1.165) is 47.0 Å². The van der Waals surface area contributed by atoms with Gasteiger partial charge in [-0.15, -0.1) is 11.3 Å². The third-order valence-electron chi connectivity index (χ3n) is 4.88. The number of anilines is 1. The third kappa shape index (κ3) is 3.84. The van der Waals surface area contributed by atoms with Gasteiger partial charge in [-0.3, -0.25) is 9.59 Å². The lowest BCUT2D eigenvalue weighted by atomic mass is 9.89. The first-order valence-corrected chi connectivity index (χ1v) is 10.9. The number of hydrogen-bond donors (Lipinski definition) is 2. The van der Waals surface area contributed by atoms with E-state index < -0.39 is 5.82 Å². The van der Waals surface area contributed by atoms with Crippen molar-refractivity contribution in [2.24, 2.45) is 5.92 Å². The van der Waals surface area contributed by atoms with Crippen molar-refractivity contribution in [2.45, 2.75) is 38.3 Å². The number of halogens is 1. The standard InChI is InChI=1S/C20H20FN3O2S2/c1-10-4-6-14(13(21)7-10)22-16(25)9-27-20-23-18(26)17-12-5-3-11(2)8-15(12)28-19(17)24-20/h4,6-7,11H,3,5,8-9H2,1-2H3,(H,22,25)(H,23,24,26)/t11-/m0/s1. The SMILES string of the molecule is Cc1ccc(NC(=O)CSc2nc3sc4c(c3c(=O)[nH]2)CC[C@H](C)C4)c(F)c1. The summed E-state index contributed by atoms with van der Waals surface area (Å²) in [6, 6.07) is 4.64. The molecule has 1 atom stereocenters. The van der Waals surface area contributed by atoms with Crippen molar-refractivity contribution in [2.75, 3.05) is 11.1 Å². The molecule has 1 amide bonds. The molecule has 2 aromatic heterocycles. The predicted octanol–water partition coefficient (Wildman–Crippen LogP) is 4.29. The summed E-state index contributed by atoms with van der Waals surface area (Å²) in [5.74, 6) is -0.164. The van der Waals surface area contributed by atoms with Crippen LogP contribution in [0.2, 0.25) is 0 Å². The van der Waals surface area contributed by atoms with Crippen molar-refractivity contribution in [1.82, 2.24) is 9.97 Å². The number of carbonyl (C=O) groups is 1. The van der Waals surface area contributed by atoms with Crippen LogP contribution in [0.5, 0.6) is 0 Å². The van der Waals surface area contributed by atoms with Crippen molar-refractivity contribution < 1.29 is 9.18 Å². The molecule has 3 aromatic rings. The average molecular weight is 418 g/mol. The van der Waals surface area contributed by atoms with Crippen LogP contribution in [0.25, 0.3) is 10.2 Å². The quantitative estimate of drug-likeness (QED) is 0.491. The molecule has 0 saturated heterocycles. The molecule has 0 spiro atoms. The van der Waals surface area contributed by atoms with Gasteiger partial charge in [-0.05, 0) is 55.4 Å². The van der Waals surface area contributed by atoms with Crippen LogP contribution in [0.15, 0.2) is 28.2 Å². The Balaban J connectivity index is 1.49. The molecule has 0 unspecified atom stereocenters. The number of amides is 1. The molecule has 2 heterocycles. The molecule has 0 fully saturated rings. The van der Waals surface area contributed by atoms with E-state index in [4.69, 9.17) is 0 Å². The maximum Gasteiger partial charge on any atom is 0.260 e. The van der Waals surface area contributed by atoms with Crippen molar-refractivity contribution in [3.63, 3.8) is 0 Å². The monoisotopic (exact) mass is 417 g/mol. The molecule has 1 aromatic carbocycles. The lowest BCUT2D eigenvalue weighted by molar-refractivity contribution is -0.113. The van der Waals surface area contributed by atoms with Gasteiger partial charge in [0.25, 0.3) is 5.56 Å². The van der Waals surface area contributed by atoms with Crippen LogP contribution in [0.3, 0.4) is 0 Å². The number of thiophene rings is 1. The highest BCUT2D eigenvalue weighted by atomic mass is 32.2. The van der Waals surface area contributed by atoms with Gasteiger partial charge in [-0.1, -0.05) is 24.8 Å². The maximum atomic E-state index is 13.9. The number of thioether (sulfide) groups is 1. The predicted molar refractivity (Wildman–Crippen MR) is 112 cm³/mol. The van der Waals surface area contributed by atoms with E-state index in [9.17, 15) is 14.0 Å². The summed E-state index contributed by atoms with van der Waals surface area (Å²) in [6.45, 7) is 4.01. The second-order valence-electron chi connectivity index (χ2n) is 7.22. The second kappa shape index (κ2) is 7.67. The highest BCUT2D eigenvalue weighted by molar-refractivity contribution is 7.99. The van der Waals surface area contributed by atoms with E-state index in [0.29, 0.717) is 16.5 Å². The molecule has 1 aliphatic rings. The first-order valence-electron chi connectivity index (χ1n) is 9.14. The van der Waals surface area contributed by atoms with Gasteiger partial charge in [0.05, 0.1) is 16.8 Å². The third-order valence-corrected chi connectivity index (χ3v) is 6.90. The summed E-state index contributed by atoms with van der Waals surface area (Å²) in [5, 5.41) is 3.65. The van der Waals surface area contributed by atoms with Crippen LogP contribution < -0.4 is 10.9 Å². The van der Waals surface area contributed by atoms with Crippen molar-refractivity contribution in [3.05, 3.63) is 50.4 Å². The van der Waals surface area contributed by atoms with Gasteiger partial charge in [0, 0.05) is 4.88 Å². The minimum atomic E-state index is -0.468. The number of aromatic amines is 1. The van der Waals surface area contributed by atoms with Crippen LogP contribution in [0, 0.1) is 18.7 Å². The van der Waals surface area contributed by atoms with Gasteiger partial charge in [0.1, 0.15) is 10.6 Å². The van der Waals surface area contributed by atoms with Crippen LogP contribution in [0.4, 0.5) is 10.1 Å². The Morgan fingerprint density at radius 2 is 2.29 bits per heavy atom. The van der Waals surface area contributed by atoms with Gasteiger partial charge >= 0.3 is 0 Å². The Kier molecular flexibility index (Phi) is 5.25. The lowest BCUT2D eigenvalue weighted by Crippen LogP contribution is -2.16. The Morgan fingerprint density at radius 3 is 3.07 bits per heavy atom. The fourth-order valence-electron chi connectivity index (χ4n) is 3.44. The van der Waals surface area contributed by atoms with E-state index >= 15 is 0 Å². The average Bonchev–Trinajstić information content (AvgIpc) is 3.00. The number of fused-ring (bicyclic) bond motifs is 3. The van der Waals surface area contributed by atoms with Gasteiger partial charge in [-0.25, -0.2) is 9.37 Å². The van der Waals surface area contributed by atoms with Gasteiger partial charge < -0.3 is 10.3 Å². The molecule has 28 heavy (non-hydrogen) atoms. The molecule has 2 N–H and O–H groups in total. The van der Waals surface area contributed by atoms with Crippen LogP contribution in [-0.4, -0.2) is 21.6 Å². The zero-order chi connectivity index (χ0) is 19.8. The van der Waals surface area contributed by atoms with Crippen LogP contribution >= 0.6 is 23.1 Å². The molecule has 5 nitrogen and oxygen atoms in total. The van der Waals surface area contributed by atoms with E-state index in [1.165, 1.54) is 17.0 Å². The molecule has 8 heteroatoms. The second-order valence-corrected chi connectivity index (χ2v) is 9.27. The number of benzene rings is 1. The molecule has 0 saturated carbocycles. The summed E-state index contributed by atoms with van der Waals surface area (Å²) in [6.07, 6.45) is 2.99. The smallest absolute Gasteiger partial charge is 0.260 e. The molecule has 1 aliphatic carbocycles. The van der Waals surface area contributed by atoms with Crippen molar-refractivity contribution in [1.29, 1.82) is 0 Å². The zero-order valence-corrected chi connectivity index (χ0v) is 17.2. The Morgan fingerprint density at radius 1 is 1.46 bits per heavy atom. The van der Waals surface area contributed by atoms with Gasteiger partial charge in [0.2, 0.25) is 5.91 Å². The number of H-pyrrole nitrogens is 1. The summed E-state index contributed by atoms with van der Waals surface area (Å²) in [4.78, 5) is 34.0. The van der Waals surface area contributed by atoms with Gasteiger partial charge in [-0.2, -0.15) is 0 Å². The first kappa shape index (κ1) is 19.1. The fraction of sp³-hybridized carbons (Fsp3) is 0.350. The van der Waals surface area contributed by atoms with E-state index in [2.05, 4.69) is 22.2 Å². The normalized spacial score (nSPS) is 16.2. The molecular formula is C20H20FN3O2S2. The number of aryl methyl sites for hydroxylation is 2. The largest absolute Gasteiger partial charge is 0.323 e. The van der Waals surface area contributed by atoms with E-state index in [1.54, 1.807) is 24.3 Å². The molecule has 0 radical (unpaired) electrons. The Labute approximate surface area is 169 Å². The van der Waals surface area contributed by atoms with Crippen molar-refractivity contribution >= 4 is 44.9 Å². The minimum absolute atomic E-state index is 0.0316. The molecule has 4 rings (SSSR count). The number of hydrogen-bond acceptors (Lipinski definition) is 5. The number of nitrogens with zero attached hydrogens (tertiary/aromatic N) is 1. The summed E-state index contributed by atoms with van der Waals surface area (Å²) in [7, 11) is 0. The first-order chi connectivity index (χ1) is 13.4. The highest BCUT2D eigenvalue weighted by Crippen LogP contribution is 2.36. The lowest BCUT2D eigenvalue weighted by Gasteiger charge is -2.17. The van der Waals surface area contributed by atoms with Crippen LogP contribution in [-0.2, 0) is 17.6 Å².